The molecule has 0 heterocycles. The standard InChI is InChI=1S/C10H14N2O7/c1-18-9(16)5-12(6-10(17)19-2)11-7(13)3-4-8(14)15/h3-4H,5-6H2,1-2H3,(H,11,13)(H,14,15)/p-1. The van der Waals surface area contributed by atoms with Gasteiger partial charge in [-0.15, -0.1) is 0 Å². The molecule has 0 aliphatic carbocycles. The third-order valence-electron chi connectivity index (χ3n) is 1.73. The van der Waals surface area contributed by atoms with Crippen LogP contribution in [-0.2, 0) is 28.7 Å². The summed E-state index contributed by atoms with van der Waals surface area (Å²) >= 11 is 0. The summed E-state index contributed by atoms with van der Waals surface area (Å²) in [6.45, 7) is -0.812. The zero-order chi connectivity index (χ0) is 14.8. The van der Waals surface area contributed by atoms with E-state index < -0.39 is 36.9 Å². The van der Waals surface area contributed by atoms with E-state index >= 15 is 0 Å². The highest BCUT2D eigenvalue weighted by atomic mass is 16.5. The first-order valence-electron chi connectivity index (χ1n) is 4.97. The Balaban J connectivity index is 4.56. The molecule has 9 nitrogen and oxygen atoms in total. The van der Waals surface area contributed by atoms with Crippen LogP contribution in [-0.4, -0.2) is 56.1 Å². The van der Waals surface area contributed by atoms with Crippen molar-refractivity contribution in [1.29, 1.82) is 0 Å². The number of esters is 2. The van der Waals surface area contributed by atoms with E-state index in [4.69, 9.17) is 0 Å². The van der Waals surface area contributed by atoms with E-state index in [2.05, 4.69) is 14.9 Å². The lowest BCUT2D eigenvalue weighted by Crippen LogP contribution is -2.47. The van der Waals surface area contributed by atoms with Gasteiger partial charge in [-0.25, -0.2) is 0 Å². The molecule has 0 aromatic heterocycles. The van der Waals surface area contributed by atoms with Gasteiger partial charge < -0.3 is 19.4 Å². The highest BCUT2D eigenvalue weighted by Gasteiger charge is 2.16. The van der Waals surface area contributed by atoms with Crippen LogP contribution >= 0.6 is 0 Å². The molecule has 0 fully saturated rings. The molecular formula is C10H13N2O7-. The number of amides is 1. The van der Waals surface area contributed by atoms with Gasteiger partial charge in [0.25, 0.3) is 5.91 Å². The quantitative estimate of drug-likeness (QED) is 0.295. The molecule has 0 bridgehead atoms. The number of nitrogens with zero attached hydrogens (tertiary/aromatic N) is 1. The van der Waals surface area contributed by atoms with Gasteiger partial charge in [-0.1, -0.05) is 0 Å². The molecule has 0 radical (unpaired) electrons. The molecule has 19 heavy (non-hydrogen) atoms. The van der Waals surface area contributed by atoms with Crippen LogP contribution in [0.4, 0.5) is 0 Å². The Kier molecular flexibility index (Phi) is 7.54. The number of carboxylic acid groups (broad SMARTS) is 1. The summed E-state index contributed by atoms with van der Waals surface area (Å²) in [6.07, 6.45) is 1.18. The van der Waals surface area contributed by atoms with Gasteiger partial charge in [0.1, 0.15) is 13.1 Å². The fraction of sp³-hybridized carbons (Fsp3) is 0.400. The molecule has 0 aromatic carbocycles. The predicted molar refractivity (Wildman–Crippen MR) is 57.9 cm³/mol. The average molecular weight is 273 g/mol. The van der Waals surface area contributed by atoms with Crippen LogP contribution < -0.4 is 10.5 Å². The second-order valence-electron chi connectivity index (χ2n) is 3.14. The van der Waals surface area contributed by atoms with Gasteiger partial charge in [0, 0.05) is 6.08 Å². The van der Waals surface area contributed by atoms with Crippen molar-refractivity contribution in [2.45, 2.75) is 0 Å². The summed E-state index contributed by atoms with van der Waals surface area (Å²) in [7, 11) is 2.27. The van der Waals surface area contributed by atoms with E-state index in [1.165, 1.54) is 0 Å². The van der Waals surface area contributed by atoms with Gasteiger partial charge in [0.05, 0.1) is 20.2 Å². The van der Waals surface area contributed by atoms with Crippen molar-refractivity contribution in [3.63, 3.8) is 0 Å². The minimum atomic E-state index is -1.55. The van der Waals surface area contributed by atoms with Crippen molar-refractivity contribution in [3.8, 4) is 0 Å². The van der Waals surface area contributed by atoms with Crippen LogP contribution in [0.15, 0.2) is 12.2 Å². The van der Waals surface area contributed by atoms with Crippen LogP contribution in [0.3, 0.4) is 0 Å². The molecule has 0 atom stereocenters. The van der Waals surface area contributed by atoms with Gasteiger partial charge in [0.15, 0.2) is 0 Å². The zero-order valence-electron chi connectivity index (χ0n) is 10.4. The summed E-state index contributed by atoms with van der Waals surface area (Å²) in [5.74, 6) is -3.80. The Hall–Kier alpha value is -2.42. The molecule has 0 aliphatic heterocycles. The van der Waals surface area contributed by atoms with Crippen molar-refractivity contribution in [2.24, 2.45) is 0 Å². The average Bonchev–Trinajstić information content (AvgIpc) is 2.35. The number of methoxy groups -OCH3 is 2. The van der Waals surface area contributed by atoms with Gasteiger partial charge in [-0.05, 0) is 6.08 Å². The Morgan fingerprint density at radius 1 is 1.05 bits per heavy atom. The highest BCUT2D eigenvalue weighted by molar-refractivity contribution is 5.93. The maximum Gasteiger partial charge on any atom is 0.321 e. The molecule has 1 amide bonds. The largest absolute Gasteiger partial charge is 0.545 e. The lowest BCUT2D eigenvalue weighted by Gasteiger charge is -2.19. The minimum absolute atomic E-state index is 0.406. The van der Waals surface area contributed by atoms with Crippen LogP contribution in [0.2, 0.25) is 0 Å². The number of hydrogen-bond donors (Lipinski definition) is 1. The molecule has 0 aromatic rings. The zero-order valence-corrected chi connectivity index (χ0v) is 10.4. The van der Waals surface area contributed by atoms with E-state index in [1.807, 2.05) is 0 Å². The molecule has 9 heteroatoms. The second-order valence-corrected chi connectivity index (χ2v) is 3.14. The van der Waals surface area contributed by atoms with Crippen LogP contribution in [0.5, 0.6) is 0 Å². The normalized spacial score (nSPS) is 10.3. The number of carbonyl (C=O) groups excluding carboxylic acids is 4. The molecule has 0 rings (SSSR count). The number of nitrogens with one attached hydrogen (secondary N) is 1. The predicted octanol–water partition coefficient (Wildman–Crippen LogP) is -3.03. The highest BCUT2D eigenvalue weighted by Crippen LogP contribution is 1.88. The monoisotopic (exact) mass is 273 g/mol. The molecule has 0 spiro atoms. The van der Waals surface area contributed by atoms with Crippen LogP contribution in [0.25, 0.3) is 0 Å². The molecule has 0 saturated heterocycles. The minimum Gasteiger partial charge on any atom is -0.545 e. The lowest BCUT2D eigenvalue weighted by atomic mass is 10.4. The number of rotatable bonds is 7. The fourth-order valence-corrected chi connectivity index (χ4v) is 0.913. The first-order valence-corrected chi connectivity index (χ1v) is 4.97. The topological polar surface area (TPSA) is 125 Å². The Bertz CT molecular complexity index is 373. The number of hydrazine groups is 1. The number of hydrogen-bond acceptors (Lipinski definition) is 8. The number of aliphatic carboxylic acids is 1. The number of carbonyl (C=O) groups is 4. The summed E-state index contributed by atoms with van der Waals surface area (Å²) in [4.78, 5) is 43.5. The van der Waals surface area contributed by atoms with Crippen LogP contribution in [0, 0.1) is 0 Å². The SMILES string of the molecule is COC(=O)CN(CC(=O)OC)NC(=O)C=CC(=O)[O-]. The summed E-state index contributed by atoms with van der Waals surface area (Å²) in [5.41, 5.74) is 2.12. The van der Waals surface area contributed by atoms with Crippen molar-refractivity contribution < 1.29 is 33.8 Å². The van der Waals surface area contributed by atoms with Crippen molar-refractivity contribution in [3.05, 3.63) is 12.2 Å². The summed E-state index contributed by atoms with van der Waals surface area (Å²) in [5, 5.41) is 11.0. The van der Waals surface area contributed by atoms with E-state index in [1.54, 1.807) is 0 Å². The fourth-order valence-electron chi connectivity index (χ4n) is 0.913. The van der Waals surface area contributed by atoms with E-state index in [0.29, 0.717) is 12.2 Å². The van der Waals surface area contributed by atoms with Gasteiger partial charge in [0.2, 0.25) is 0 Å². The third kappa shape index (κ3) is 8.32. The molecular weight excluding hydrogens is 260 g/mol. The van der Waals surface area contributed by atoms with Crippen LogP contribution in [0.1, 0.15) is 0 Å². The summed E-state index contributed by atoms with van der Waals surface area (Å²) in [6, 6.07) is 0. The first kappa shape index (κ1) is 16.6. The van der Waals surface area contributed by atoms with E-state index in [9.17, 15) is 24.3 Å². The Labute approximate surface area is 108 Å². The summed E-state index contributed by atoms with van der Waals surface area (Å²) < 4.78 is 8.74. The maximum atomic E-state index is 11.3. The molecule has 0 saturated carbocycles. The molecule has 1 N–H and O–H groups in total. The number of carboxylic acids is 1. The Morgan fingerprint density at radius 3 is 1.89 bits per heavy atom. The third-order valence-corrected chi connectivity index (χ3v) is 1.73. The first-order chi connectivity index (χ1) is 8.88. The van der Waals surface area contributed by atoms with E-state index in [0.717, 1.165) is 19.2 Å². The van der Waals surface area contributed by atoms with Gasteiger partial charge in [-0.3, -0.25) is 19.8 Å². The van der Waals surface area contributed by atoms with Crippen molar-refractivity contribution in [1.82, 2.24) is 10.4 Å². The van der Waals surface area contributed by atoms with Gasteiger partial charge >= 0.3 is 11.9 Å². The lowest BCUT2D eigenvalue weighted by molar-refractivity contribution is -0.297. The van der Waals surface area contributed by atoms with Gasteiger partial charge in [-0.2, -0.15) is 5.01 Å². The maximum absolute atomic E-state index is 11.3. The second kappa shape index (κ2) is 8.64. The van der Waals surface area contributed by atoms with Crippen molar-refractivity contribution in [2.75, 3.05) is 27.3 Å². The molecule has 0 unspecified atom stereocenters. The van der Waals surface area contributed by atoms with E-state index in [-0.39, 0.29) is 0 Å². The molecule has 106 valence electrons. The Morgan fingerprint density at radius 2 is 1.53 bits per heavy atom. The molecule has 0 aliphatic rings. The smallest absolute Gasteiger partial charge is 0.321 e. The number of ether oxygens (including phenoxy) is 2. The van der Waals surface area contributed by atoms with Crippen molar-refractivity contribution >= 4 is 23.8 Å².